The molecule has 1 N–H and O–H groups in total. The third kappa shape index (κ3) is 4.81. The summed E-state index contributed by atoms with van der Waals surface area (Å²) in [6, 6.07) is 11.2. The summed E-state index contributed by atoms with van der Waals surface area (Å²) in [5, 5.41) is 3.33. The van der Waals surface area contributed by atoms with Crippen molar-refractivity contribution < 1.29 is 13.9 Å². The van der Waals surface area contributed by atoms with E-state index in [9.17, 15) is 9.18 Å². The zero-order valence-corrected chi connectivity index (χ0v) is 16.8. The van der Waals surface area contributed by atoms with Crippen LogP contribution >= 0.6 is 22.6 Å². The number of nitrogens with one attached hydrogen (secondary N) is 1. The van der Waals surface area contributed by atoms with Gasteiger partial charge in [0.05, 0.1) is 24.8 Å². The first kappa shape index (κ1) is 19.3. The van der Waals surface area contributed by atoms with Gasteiger partial charge in [0.25, 0.3) is 0 Å². The molecule has 1 saturated heterocycles. The van der Waals surface area contributed by atoms with Gasteiger partial charge in [0, 0.05) is 34.5 Å². The Hall–Kier alpha value is -1.51. The summed E-state index contributed by atoms with van der Waals surface area (Å²) in [7, 11) is 0. The molecule has 1 aliphatic rings. The van der Waals surface area contributed by atoms with E-state index in [-0.39, 0.29) is 11.6 Å². The van der Waals surface area contributed by atoms with E-state index < -0.39 is 5.82 Å². The Balaban J connectivity index is 1.84. The molecule has 0 amide bonds. The van der Waals surface area contributed by atoms with E-state index in [2.05, 4.69) is 32.8 Å². The fourth-order valence-corrected chi connectivity index (χ4v) is 3.69. The second-order valence-corrected chi connectivity index (χ2v) is 7.72. The fourth-order valence-electron chi connectivity index (χ4n) is 3.15. The molecule has 0 bridgehead atoms. The molecule has 0 radical (unpaired) electrons. The zero-order chi connectivity index (χ0) is 18.5. The van der Waals surface area contributed by atoms with Gasteiger partial charge < -0.3 is 10.1 Å². The van der Waals surface area contributed by atoms with Crippen LogP contribution in [0.25, 0.3) is 0 Å². The average molecular weight is 468 g/mol. The van der Waals surface area contributed by atoms with Crippen LogP contribution < -0.4 is 5.32 Å². The molecule has 2 aromatic carbocycles. The quantitative estimate of drug-likeness (QED) is 0.509. The number of carbonyl (C=O) groups excluding carboxylic acids is 1. The average Bonchev–Trinajstić information content (AvgIpc) is 2.63. The molecule has 1 atom stereocenters. The van der Waals surface area contributed by atoms with Gasteiger partial charge >= 0.3 is 0 Å². The molecule has 6 heteroatoms. The number of benzene rings is 2. The maximum atomic E-state index is 14.8. The summed E-state index contributed by atoms with van der Waals surface area (Å²) in [5.74, 6) is -0.448. The molecule has 2 aromatic rings. The highest BCUT2D eigenvalue weighted by molar-refractivity contribution is 14.1. The van der Waals surface area contributed by atoms with E-state index in [1.165, 1.54) is 0 Å². The number of carbonyl (C=O) groups is 1. The summed E-state index contributed by atoms with van der Waals surface area (Å²) in [6.45, 7) is 5.70. The van der Waals surface area contributed by atoms with Gasteiger partial charge in [0.1, 0.15) is 5.82 Å². The summed E-state index contributed by atoms with van der Waals surface area (Å²) < 4.78 is 21.2. The molecule has 0 aromatic heterocycles. The first-order chi connectivity index (χ1) is 12.6. The highest BCUT2D eigenvalue weighted by Crippen LogP contribution is 2.26. The number of hydrogen-bond donors (Lipinski definition) is 1. The van der Waals surface area contributed by atoms with Crippen molar-refractivity contribution in [3.05, 3.63) is 62.5 Å². The van der Waals surface area contributed by atoms with Crippen molar-refractivity contribution in [1.29, 1.82) is 0 Å². The lowest BCUT2D eigenvalue weighted by Crippen LogP contribution is -2.35. The van der Waals surface area contributed by atoms with Gasteiger partial charge in [-0.25, -0.2) is 4.39 Å². The van der Waals surface area contributed by atoms with Crippen LogP contribution in [-0.4, -0.2) is 37.5 Å². The second-order valence-electron chi connectivity index (χ2n) is 6.47. The SMILES string of the molecule is CC(Nc1cccc(I)c1)c1cc(CN2CCOCC2)cc(C=O)c1F. The van der Waals surface area contributed by atoms with Gasteiger partial charge in [-0.05, 0) is 65.4 Å². The van der Waals surface area contributed by atoms with Crippen molar-refractivity contribution in [1.82, 2.24) is 4.90 Å². The lowest BCUT2D eigenvalue weighted by molar-refractivity contribution is 0.0341. The molecule has 0 spiro atoms. The largest absolute Gasteiger partial charge is 0.379 e. The van der Waals surface area contributed by atoms with Crippen LogP contribution in [0.1, 0.15) is 34.5 Å². The van der Waals surface area contributed by atoms with Gasteiger partial charge in [0.2, 0.25) is 0 Å². The first-order valence-corrected chi connectivity index (χ1v) is 9.74. The summed E-state index contributed by atoms with van der Waals surface area (Å²) in [4.78, 5) is 13.6. The van der Waals surface area contributed by atoms with E-state index in [1.807, 2.05) is 37.3 Å². The topological polar surface area (TPSA) is 41.6 Å². The monoisotopic (exact) mass is 468 g/mol. The van der Waals surface area contributed by atoms with Crippen LogP contribution in [0.3, 0.4) is 0 Å². The van der Waals surface area contributed by atoms with Crippen LogP contribution in [0, 0.1) is 9.39 Å². The van der Waals surface area contributed by atoms with Gasteiger partial charge in [0.15, 0.2) is 6.29 Å². The van der Waals surface area contributed by atoms with E-state index in [1.54, 1.807) is 6.07 Å². The Labute approximate surface area is 166 Å². The molecule has 1 fully saturated rings. The Morgan fingerprint density at radius 1 is 1.31 bits per heavy atom. The number of hydrogen-bond acceptors (Lipinski definition) is 4. The Morgan fingerprint density at radius 3 is 2.77 bits per heavy atom. The van der Waals surface area contributed by atoms with Gasteiger partial charge in [-0.2, -0.15) is 0 Å². The van der Waals surface area contributed by atoms with Crippen LogP contribution in [0.5, 0.6) is 0 Å². The maximum absolute atomic E-state index is 14.8. The van der Waals surface area contributed by atoms with E-state index in [0.717, 1.165) is 27.9 Å². The third-order valence-corrected chi connectivity index (χ3v) is 5.17. The Kier molecular flexibility index (Phi) is 6.61. The number of anilines is 1. The Morgan fingerprint density at radius 2 is 2.08 bits per heavy atom. The number of ether oxygens (including phenoxy) is 1. The van der Waals surface area contributed by atoms with Gasteiger partial charge in [-0.3, -0.25) is 9.69 Å². The zero-order valence-electron chi connectivity index (χ0n) is 14.7. The van der Waals surface area contributed by atoms with Gasteiger partial charge in [-0.1, -0.05) is 6.07 Å². The molecule has 1 unspecified atom stereocenters. The van der Waals surface area contributed by atoms with E-state index >= 15 is 0 Å². The minimum Gasteiger partial charge on any atom is -0.379 e. The second kappa shape index (κ2) is 8.92. The van der Waals surface area contributed by atoms with Crippen molar-refractivity contribution in [3.63, 3.8) is 0 Å². The highest BCUT2D eigenvalue weighted by Gasteiger charge is 2.18. The Bertz CT molecular complexity index is 778. The standard InChI is InChI=1S/C20H22FIN2O2/c1-14(23-18-4-2-3-17(22)11-18)19-10-15(9-16(13-25)20(19)21)12-24-5-7-26-8-6-24/h2-4,9-11,13-14,23H,5-8,12H2,1H3. The molecule has 4 nitrogen and oxygen atoms in total. The molecule has 0 saturated carbocycles. The predicted molar refractivity (Wildman–Crippen MR) is 109 cm³/mol. The van der Waals surface area contributed by atoms with Crippen molar-refractivity contribution >= 4 is 34.6 Å². The molecule has 1 aliphatic heterocycles. The number of nitrogens with zero attached hydrogens (tertiary/aromatic N) is 1. The lowest BCUT2D eigenvalue weighted by atomic mass is 9.99. The van der Waals surface area contributed by atoms with Crippen molar-refractivity contribution in [2.45, 2.75) is 19.5 Å². The highest BCUT2D eigenvalue weighted by atomic mass is 127. The third-order valence-electron chi connectivity index (χ3n) is 4.50. The molecular weight excluding hydrogens is 446 g/mol. The first-order valence-electron chi connectivity index (χ1n) is 8.66. The predicted octanol–water partition coefficient (Wildman–Crippen LogP) is 4.25. The van der Waals surface area contributed by atoms with E-state index in [0.29, 0.717) is 31.6 Å². The van der Waals surface area contributed by atoms with Crippen molar-refractivity contribution in [2.24, 2.45) is 0 Å². The molecule has 1 heterocycles. The maximum Gasteiger partial charge on any atom is 0.153 e. The normalized spacial score (nSPS) is 16.3. The summed E-state index contributed by atoms with van der Waals surface area (Å²) in [6.07, 6.45) is 0.597. The summed E-state index contributed by atoms with van der Waals surface area (Å²) in [5.41, 5.74) is 2.50. The van der Waals surface area contributed by atoms with Crippen LogP contribution in [0.4, 0.5) is 10.1 Å². The molecule has 138 valence electrons. The molecule has 26 heavy (non-hydrogen) atoms. The van der Waals surface area contributed by atoms with Gasteiger partial charge in [-0.15, -0.1) is 0 Å². The summed E-state index contributed by atoms with van der Waals surface area (Å²) >= 11 is 2.24. The lowest BCUT2D eigenvalue weighted by Gasteiger charge is -2.27. The van der Waals surface area contributed by atoms with Crippen LogP contribution in [-0.2, 0) is 11.3 Å². The number of morpholine rings is 1. The van der Waals surface area contributed by atoms with Crippen LogP contribution in [0.2, 0.25) is 0 Å². The molecular formula is C20H22FIN2O2. The van der Waals surface area contributed by atoms with Crippen molar-refractivity contribution in [3.8, 4) is 0 Å². The smallest absolute Gasteiger partial charge is 0.153 e. The number of aldehydes is 1. The minimum atomic E-state index is -0.448. The molecule has 3 rings (SSSR count). The van der Waals surface area contributed by atoms with Crippen LogP contribution in [0.15, 0.2) is 36.4 Å². The molecule has 0 aliphatic carbocycles. The fraction of sp³-hybridized carbons (Fsp3) is 0.350. The number of halogens is 2. The van der Waals surface area contributed by atoms with Crippen molar-refractivity contribution in [2.75, 3.05) is 31.6 Å². The van der Waals surface area contributed by atoms with E-state index in [4.69, 9.17) is 4.74 Å². The number of rotatable bonds is 6. The minimum absolute atomic E-state index is 0.113.